The number of carbonyl (C=O) groups excluding carboxylic acids is 1. The Bertz CT molecular complexity index is 655. The van der Waals surface area contributed by atoms with E-state index >= 15 is 0 Å². The molecule has 2 aromatic rings. The molecule has 5 nitrogen and oxygen atoms in total. The molecule has 1 aliphatic heterocycles. The molecule has 0 saturated carbocycles. The van der Waals surface area contributed by atoms with Gasteiger partial charge in [0, 0.05) is 24.4 Å². The Morgan fingerprint density at radius 3 is 2.73 bits per heavy atom. The Kier molecular flexibility index (Phi) is 4.24. The van der Waals surface area contributed by atoms with Crippen molar-refractivity contribution in [1.29, 1.82) is 0 Å². The highest BCUT2D eigenvalue weighted by Gasteiger charge is 2.16. The molecule has 0 radical (unpaired) electrons. The highest BCUT2D eigenvalue weighted by Crippen LogP contribution is 2.14. The summed E-state index contributed by atoms with van der Waals surface area (Å²) < 4.78 is 7.38. The minimum Gasteiger partial charge on any atom is -0.376 e. The van der Waals surface area contributed by atoms with Gasteiger partial charge >= 0.3 is 0 Å². The molecule has 0 aliphatic carbocycles. The van der Waals surface area contributed by atoms with Crippen LogP contribution < -0.4 is 5.32 Å². The van der Waals surface area contributed by atoms with Crippen LogP contribution in [0.1, 0.15) is 34.6 Å². The molecule has 1 N–H and O–H groups in total. The first-order valence-electron chi connectivity index (χ1n) is 7.67. The second-order valence-corrected chi connectivity index (χ2v) is 5.73. The number of nitrogens with zero attached hydrogens (tertiary/aromatic N) is 2. The SMILES string of the molecule is Cc1cc(C)n(-c2ccc(C(=O)NC[C@@H]3CCCO3)cc2)n1. The number of aryl methyl sites for hydroxylation is 2. The van der Waals surface area contributed by atoms with Crippen molar-refractivity contribution in [2.45, 2.75) is 32.8 Å². The first-order valence-corrected chi connectivity index (χ1v) is 7.67. The molecule has 1 fully saturated rings. The minimum atomic E-state index is -0.0598. The number of amides is 1. The van der Waals surface area contributed by atoms with Crippen molar-refractivity contribution in [1.82, 2.24) is 15.1 Å². The topological polar surface area (TPSA) is 56.2 Å². The highest BCUT2D eigenvalue weighted by atomic mass is 16.5. The predicted octanol–water partition coefficient (Wildman–Crippen LogP) is 2.40. The standard InChI is InChI=1S/C17H21N3O2/c1-12-10-13(2)20(19-12)15-7-5-14(6-8-15)17(21)18-11-16-4-3-9-22-16/h5-8,10,16H,3-4,9,11H2,1-2H3,(H,18,21)/t16-/m0/s1. The van der Waals surface area contributed by atoms with Gasteiger partial charge in [-0.15, -0.1) is 0 Å². The summed E-state index contributed by atoms with van der Waals surface area (Å²) in [5.41, 5.74) is 3.67. The first kappa shape index (κ1) is 14.8. The lowest BCUT2D eigenvalue weighted by atomic mass is 10.2. The van der Waals surface area contributed by atoms with Crippen molar-refractivity contribution in [2.75, 3.05) is 13.2 Å². The summed E-state index contributed by atoms with van der Waals surface area (Å²) in [6.45, 7) is 5.37. The van der Waals surface area contributed by atoms with Crippen LogP contribution in [0.4, 0.5) is 0 Å². The molecule has 116 valence electrons. The second kappa shape index (κ2) is 6.32. The van der Waals surface area contributed by atoms with Gasteiger partial charge in [0.2, 0.25) is 0 Å². The molecule has 1 atom stereocenters. The Hall–Kier alpha value is -2.14. The fraction of sp³-hybridized carbons (Fsp3) is 0.412. The molecule has 1 aliphatic rings. The maximum absolute atomic E-state index is 12.1. The van der Waals surface area contributed by atoms with Crippen LogP contribution >= 0.6 is 0 Å². The molecule has 1 amide bonds. The van der Waals surface area contributed by atoms with Crippen LogP contribution in [0.3, 0.4) is 0 Å². The lowest BCUT2D eigenvalue weighted by Crippen LogP contribution is -2.31. The monoisotopic (exact) mass is 299 g/mol. The summed E-state index contributed by atoms with van der Waals surface area (Å²) in [6, 6.07) is 9.52. The van der Waals surface area contributed by atoms with E-state index in [0.717, 1.165) is 36.5 Å². The average Bonchev–Trinajstić information content (AvgIpc) is 3.14. The maximum atomic E-state index is 12.1. The summed E-state index contributed by atoms with van der Waals surface area (Å²) in [5, 5.41) is 7.37. The Labute approximate surface area is 130 Å². The minimum absolute atomic E-state index is 0.0598. The van der Waals surface area contributed by atoms with Crippen LogP contribution in [0.25, 0.3) is 5.69 Å². The van der Waals surface area contributed by atoms with Crippen LogP contribution in [0.5, 0.6) is 0 Å². The van der Waals surface area contributed by atoms with Gasteiger partial charge in [-0.25, -0.2) is 4.68 Å². The number of hydrogen-bond acceptors (Lipinski definition) is 3. The van der Waals surface area contributed by atoms with Crippen molar-refractivity contribution in [2.24, 2.45) is 0 Å². The van der Waals surface area contributed by atoms with Gasteiger partial charge in [0.1, 0.15) is 0 Å². The van der Waals surface area contributed by atoms with E-state index in [-0.39, 0.29) is 12.0 Å². The van der Waals surface area contributed by atoms with Crippen molar-refractivity contribution < 1.29 is 9.53 Å². The fourth-order valence-corrected chi connectivity index (χ4v) is 2.76. The molecule has 0 unspecified atom stereocenters. The molecule has 5 heteroatoms. The van der Waals surface area contributed by atoms with Crippen LogP contribution in [0, 0.1) is 13.8 Å². The van der Waals surface area contributed by atoms with Gasteiger partial charge in [-0.1, -0.05) is 0 Å². The van der Waals surface area contributed by atoms with Crippen molar-refractivity contribution >= 4 is 5.91 Å². The first-order chi connectivity index (χ1) is 10.6. The van der Waals surface area contributed by atoms with Crippen molar-refractivity contribution in [3.05, 3.63) is 47.3 Å². The van der Waals surface area contributed by atoms with E-state index in [0.29, 0.717) is 12.1 Å². The van der Waals surface area contributed by atoms with E-state index in [1.54, 1.807) is 0 Å². The molecule has 3 rings (SSSR count). The van der Waals surface area contributed by atoms with Crippen LogP contribution in [0.15, 0.2) is 30.3 Å². The number of ether oxygens (including phenoxy) is 1. The van der Waals surface area contributed by atoms with Crippen LogP contribution in [-0.2, 0) is 4.74 Å². The summed E-state index contributed by atoms with van der Waals surface area (Å²) in [6.07, 6.45) is 2.27. The maximum Gasteiger partial charge on any atom is 0.251 e. The fourth-order valence-electron chi connectivity index (χ4n) is 2.76. The Morgan fingerprint density at radius 2 is 2.14 bits per heavy atom. The largest absolute Gasteiger partial charge is 0.376 e. The van der Waals surface area contributed by atoms with Gasteiger partial charge in [-0.2, -0.15) is 5.10 Å². The molecule has 1 aromatic carbocycles. The summed E-state index contributed by atoms with van der Waals surface area (Å²) >= 11 is 0. The van der Waals surface area contributed by atoms with Gasteiger partial charge < -0.3 is 10.1 Å². The lowest BCUT2D eigenvalue weighted by Gasteiger charge is -2.11. The van der Waals surface area contributed by atoms with Gasteiger partial charge in [0.15, 0.2) is 0 Å². The third-order valence-corrected chi connectivity index (χ3v) is 3.90. The number of rotatable bonds is 4. The van der Waals surface area contributed by atoms with E-state index in [1.807, 2.05) is 48.9 Å². The van der Waals surface area contributed by atoms with E-state index in [9.17, 15) is 4.79 Å². The van der Waals surface area contributed by atoms with E-state index in [4.69, 9.17) is 4.74 Å². The van der Waals surface area contributed by atoms with E-state index < -0.39 is 0 Å². The molecular formula is C17H21N3O2. The smallest absolute Gasteiger partial charge is 0.251 e. The van der Waals surface area contributed by atoms with Crippen LogP contribution in [-0.4, -0.2) is 34.9 Å². The van der Waals surface area contributed by atoms with Crippen molar-refractivity contribution in [3.8, 4) is 5.69 Å². The molecule has 2 heterocycles. The zero-order valence-electron chi connectivity index (χ0n) is 13.0. The van der Waals surface area contributed by atoms with Gasteiger partial charge in [-0.05, 0) is 57.0 Å². The second-order valence-electron chi connectivity index (χ2n) is 5.73. The number of aromatic nitrogens is 2. The summed E-state index contributed by atoms with van der Waals surface area (Å²) in [5.74, 6) is -0.0598. The molecular weight excluding hydrogens is 278 g/mol. The number of benzene rings is 1. The van der Waals surface area contributed by atoms with E-state index in [1.165, 1.54) is 0 Å². The quantitative estimate of drug-likeness (QED) is 0.943. The van der Waals surface area contributed by atoms with Gasteiger partial charge in [0.05, 0.1) is 17.5 Å². The number of carbonyl (C=O) groups is 1. The molecule has 1 saturated heterocycles. The molecule has 22 heavy (non-hydrogen) atoms. The molecule has 1 aromatic heterocycles. The molecule has 0 spiro atoms. The summed E-state index contributed by atoms with van der Waals surface area (Å²) in [7, 11) is 0. The molecule has 0 bridgehead atoms. The average molecular weight is 299 g/mol. The zero-order chi connectivity index (χ0) is 15.5. The summed E-state index contributed by atoms with van der Waals surface area (Å²) in [4.78, 5) is 12.1. The third-order valence-electron chi connectivity index (χ3n) is 3.90. The number of nitrogens with one attached hydrogen (secondary N) is 1. The van der Waals surface area contributed by atoms with Gasteiger partial charge in [-0.3, -0.25) is 4.79 Å². The normalized spacial score (nSPS) is 17.6. The third kappa shape index (κ3) is 3.20. The Balaban J connectivity index is 1.65. The lowest BCUT2D eigenvalue weighted by molar-refractivity contribution is 0.0858. The highest BCUT2D eigenvalue weighted by molar-refractivity contribution is 5.94. The zero-order valence-corrected chi connectivity index (χ0v) is 13.0. The van der Waals surface area contributed by atoms with E-state index in [2.05, 4.69) is 10.4 Å². The number of hydrogen-bond donors (Lipinski definition) is 1. The van der Waals surface area contributed by atoms with Crippen LogP contribution in [0.2, 0.25) is 0 Å². The van der Waals surface area contributed by atoms with Gasteiger partial charge in [0.25, 0.3) is 5.91 Å². The van der Waals surface area contributed by atoms with Crippen molar-refractivity contribution in [3.63, 3.8) is 0 Å². The Morgan fingerprint density at radius 1 is 1.36 bits per heavy atom. The predicted molar refractivity (Wildman–Crippen MR) is 84.3 cm³/mol.